The molecule has 1 unspecified atom stereocenters. The van der Waals surface area contributed by atoms with E-state index in [1.54, 1.807) is 11.0 Å². The van der Waals surface area contributed by atoms with Crippen molar-refractivity contribution in [3.63, 3.8) is 0 Å². The van der Waals surface area contributed by atoms with Gasteiger partial charge in [-0.1, -0.05) is 6.92 Å². The Kier molecular flexibility index (Phi) is 6.43. The Morgan fingerprint density at radius 2 is 2.07 bits per heavy atom. The Bertz CT molecular complexity index is 752. The van der Waals surface area contributed by atoms with Crippen molar-refractivity contribution in [2.45, 2.75) is 63.6 Å². The van der Waals surface area contributed by atoms with Gasteiger partial charge in [-0.3, -0.25) is 0 Å². The third-order valence-corrected chi connectivity index (χ3v) is 5.99. The van der Waals surface area contributed by atoms with Crippen molar-refractivity contribution < 1.29 is 31.5 Å². The van der Waals surface area contributed by atoms with E-state index in [0.717, 1.165) is 6.42 Å². The van der Waals surface area contributed by atoms with E-state index in [1.807, 2.05) is 0 Å². The van der Waals surface area contributed by atoms with Crippen molar-refractivity contribution in [3.8, 4) is 5.88 Å². The second kappa shape index (κ2) is 8.55. The summed E-state index contributed by atoms with van der Waals surface area (Å²) in [6.45, 7) is 0.666. The molecule has 1 N–H and O–H groups in total. The minimum Gasteiger partial charge on any atom is -0.468 e. The van der Waals surface area contributed by atoms with Crippen molar-refractivity contribution in [3.05, 3.63) is 23.9 Å². The van der Waals surface area contributed by atoms with Crippen LogP contribution in [0.15, 0.2) is 18.3 Å². The number of hydrogen-bond donors (Lipinski definition) is 1. The van der Waals surface area contributed by atoms with Crippen molar-refractivity contribution in [2.75, 3.05) is 19.7 Å². The van der Waals surface area contributed by atoms with E-state index in [-0.39, 0.29) is 37.3 Å². The number of carbonyl (C=O) groups excluding carboxylic acids is 1. The second-order valence-corrected chi connectivity index (χ2v) is 8.00. The SMILES string of the molecule is CCC(F)(F)C1(CCNC(=O)N2CCCC2c2ccnc(OCC(F)(F)F)c2)CC1. The third kappa shape index (κ3) is 5.13. The number of nitrogens with zero attached hydrogens (tertiary/aromatic N) is 2. The molecular formula is C20H26F5N3O2. The number of halogens is 5. The Hall–Kier alpha value is -2.13. The van der Waals surface area contributed by atoms with E-state index in [2.05, 4.69) is 10.3 Å². The first-order valence-corrected chi connectivity index (χ1v) is 10.1. The summed E-state index contributed by atoms with van der Waals surface area (Å²) in [6, 6.07) is 2.36. The molecule has 1 aromatic heterocycles. The number of ether oxygens (including phenoxy) is 1. The van der Waals surface area contributed by atoms with Gasteiger partial charge in [0.1, 0.15) is 0 Å². The molecule has 3 rings (SSSR count). The largest absolute Gasteiger partial charge is 0.468 e. The van der Waals surface area contributed by atoms with Crippen LogP contribution in [0.4, 0.5) is 26.7 Å². The molecule has 2 amide bonds. The van der Waals surface area contributed by atoms with Crippen LogP contribution >= 0.6 is 0 Å². The van der Waals surface area contributed by atoms with Crippen LogP contribution in [0.3, 0.4) is 0 Å². The average molecular weight is 435 g/mol. The van der Waals surface area contributed by atoms with Gasteiger partial charge in [-0.25, -0.2) is 18.6 Å². The normalized spacial score (nSPS) is 20.9. The predicted molar refractivity (Wildman–Crippen MR) is 99.4 cm³/mol. The summed E-state index contributed by atoms with van der Waals surface area (Å²) in [5, 5.41) is 2.73. The van der Waals surface area contributed by atoms with Gasteiger partial charge >= 0.3 is 12.2 Å². The van der Waals surface area contributed by atoms with Crippen molar-refractivity contribution >= 4 is 6.03 Å². The van der Waals surface area contributed by atoms with Gasteiger partial charge in [0.05, 0.1) is 6.04 Å². The number of hydrogen-bond acceptors (Lipinski definition) is 3. The molecule has 5 nitrogen and oxygen atoms in total. The quantitative estimate of drug-likeness (QED) is 0.579. The molecule has 0 radical (unpaired) electrons. The van der Waals surface area contributed by atoms with Crippen molar-refractivity contribution in [1.82, 2.24) is 15.2 Å². The molecule has 1 saturated carbocycles. The van der Waals surface area contributed by atoms with Gasteiger partial charge in [0.15, 0.2) is 6.61 Å². The van der Waals surface area contributed by atoms with Crippen LogP contribution in [0, 0.1) is 5.41 Å². The van der Waals surface area contributed by atoms with Crippen molar-refractivity contribution in [1.29, 1.82) is 0 Å². The van der Waals surface area contributed by atoms with Gasteiger partial charge in [0.25, 0.3) is 5.92 Å². The molecule has 1 saturated heterocycles. The number of nitrogens with one attached hydrogen (secondary N) is 1. The fourth-order valence-corrected chi connectivity index (χ4v) is 4.06. The summed E-state index contributed by atoms with van der Waals surface area (Å²) in [6.07, 6.45) is -0.797. The average Bonchev–Trinajstić information content (AvgIpc) is 3.33. The standard InChI is InChI=1S/C20H26F5N3O2/c1-2-19(21,22)18(6-7-18)8-10-27-17(29)28-11-3-4-15(28)14-5-9-26-16(12-14)30-13-20(23,24)25/h5,9,12,15H,2-4,6-8,10-11,13H2,1H3,(H,27,29). The van der Waals surface area contributed by atoms with E-state index in [4.69, 9.17) is 4.74 Å². The highest BCUT2D eigenvalue weighted by molar-refractivity contribution is 5.75. The smallest absolute Gasteiger partial charge is 0.422 e. The molecular weight excluding hydrogens is 409 g/mol. The molecule has 2 aliphatic rings. The third-order valence-electron chi connectivity index (χ3n) is 5.99. The van der Waals surface area contributed by atoms with Gasteiger partial charge < -0.3 is 15.0 Å². The molecule has 30 heavy (non-hydrogen) atoms. The summed E-state index contributed by atoms with van der Waals surface area (Å²) in [5.74, 6) is -2.88. The molecule has 0 aromatic carbocycles. The number of alkyl halides is 5. The second-order valence-electron chi connectivity index (χ2n) is 8.00. The topological polar surface area (TPSA) is 54.5 Å². The molecule has 2 heterocycles. The Labute approximate surface area is 172 Å². The molecule has 0 spiro atoms. The van der Waals surface area contributed by atoms with Gasteiger partial charge in [-0.15, -0.1) is 0 Å². The first-order valence-electron chi connectivity index (χ1n) is 10.1. The zero-order valence-corrected chi connectivity index (χ0v) is 16.8. The molecule has 1 atom stereocenters. The summed E-state index contributed by atoms with van der Waals surface area (Å²) < 4.78 is 69.9. The first-order chi connectivity index (χ1) is 14.1. The van der Waals surface area contributed by atoms with Crippen LogP contribution in [0.2, 0.25) is 0 Å². The highest BCUT2D eigenvalue weighted by Crippen LogP contribution is 2.60. The number of likely N-dealkylation sites (tertiary alicyclic amines) is 1. The number of rotatable bonds is 8. The van der Waals surface area contributed by atoms with Crippen LogP contribution in [0.1, 0.15) is 57.1 Å². The molecule has 0 bridgehead atoms. The van der Waals surface area contributed by atoms with Crippen LogP contribution in [0.25, 0.3) is 0 Å². The van der Waals surface area contributed by atoms with Crippen LogP contribution in [0.5, 0.6) is 5.88 Å². The van der Waals surface area contributed by atoms with E-state index in [1.165, 1.54) is 19.2 Å². The molecule has 1 aliphatic carbocycles. The molecule has 168 valence electrons. The number of amides is 2. The lowest BCUT2D eigenvalue weighted by Gasteiger charge is -2.28. The first kappa shape index (κ1) is 22.6. The van der Waals surface area contributed by atoms with Gasteiger partial charge in [-0.05, 0) is 43.7 Å². The molecule has 2 fully saturated rings. The minimum atomic E-state index is -4.47. The maximum absolute atomic E-state index is 14.1. The molecule has 10 heteroatoms. The van der Waals surface area contributed by atoms with Crippen LogP contribution in [-0.4, -0.2) is 47.7 Å². The van der Waals surface area contributed by atoms with Gasteiger partial charge in [-0.2, -0.15) is 13.2 Å². The highest BCUT2D eigenvalue weighted by atomic mass is 19.4. The lowest BCUT2D eigenvalue weighted by molar-refractivity contribution is -0.154. The number of carbonyl (C=O) groups is 1. The maximum atomic E-state index is 14.1. The molecule has 1 aromatic rings. The van der Waals surface area contributed by atoms with E-state index in [9.17, 15) is 26.7 Å². The summed E-state index contributed by atoms with van der Waals surface area (Å²) in [7, 11) is 0. The number of pyridine rings is 1. The summed E-state index contributed by atoms with van der Waals surface area (Å²) in [4.78, 5) is 18.0. The lowest BCUT2D eigenvalue weighted by Crippen LogP contribution is -2.41. The predicted octanol–water partition coefficient (Wildman–Crippen LogP) is 5.08. The van der Waals surface area contributed by atoms with Crippen LogP contribution in [-0.2, 0) is 0 Å². The number of urea groups is 1. The maximum Gasteiger partial charge on any atom is 0.422 e. The summed E-state index contributed by atoms with van der Waals surface area (Å²) in [5.41, 5.74) is -0.374. The van der Waals surface area contributed by atoms with Gasteiger partial charge in [0.2, 0.25) is 5.88 Å². The Morgan fingerprint density at radius 1 is 1.33 bits per heavy atom. The molecule has 1 aliphatic heterocycles. The zero-order chi connectivity index (χ0) is 22.0. The summed E-state index contributed by atoms with van der Waals surface area (Å²) >= 11 is 0. The van der Waals surface area contributed by atoms with E-state index >= 15 is 0 Å². The zero-order valence-electron chi connectivity index (χ0n) is 16.8. The highest BCUT2D eigenvalue weighted by Gasteiger charge is 2.59. The fraction of sp³-hybridized carbons (Fsp3) is 0.700. The fourth-order valence-electron chi connectivity index (χ4n) is 4.06. The van der Waals surface area contributed by atoms with Gasteiger partial charge in [0, 0.05) is 37.2 Å². The Morgan fingerprint density at radius 3 is 2.70 bits per heavy atom. The number of aromatic nitrogens is 1. The monoisotopic (exact) mass is 435 g/mol. The van der Waals surface area contributed by atoms with Crippen LogP contribution < -0.4 is 10.1 Å². The van der Waals surface area contributed by atoms with Crippen molar-refractivity contribution in [2.24, 2.45) is 5.41 Å². The Balaban J connectivity index is 1.57. The minimum absolute atomic E-state index is 0.158. The van der Waals surface area contributed by atoms with E-state index in [0.29, 0.717) is 31.4 Å². The van der Waals surface area contributed by atoms with E-state index < -0.39 is 24.1 Å². The lowest BCUT2D eigenvalue weighted by atomic mass is 9.92.